The van der Waals surface area contributed by atoms with Crippen molar-refractivity contribution >= 4 is 38.4 Å². The quantitative estimate of drug-likeness (QED) is 0.698. The average Bonchev–Trinajstić information content (AvgIpc) is 1.96. The number of carbonyl (C=O) groups is 2. The summed E-state index contributed by atoms with van der Waals surface area (Å²) in [6.07, 6.45) is 2.65. The number of hydrogen-bond donors (Lipinski definition) is 1. The van der Waals surface area contributed by atoms with Crippen LogP contribution in [0.3, 0.4) is 0 Å². The van der Waals surface area contributed by atoms with Gasteiger partial charge in [-0.3, -0.25) is 0 Å². The Kier molecular flexibility index (Phi) is 6.52. The van der Waals surface area contributed by atoms with Crippen molar-refractivity contribution in [1.82, 2.24) is 5.32 Å². The standard InChI is InChI=1S/C7H12NO2SSe/c1-5(9)8-6(7(10)12)3-4-11-2/h6H,3-4H2,1-2H3,(H,8,9)/t6-/m0/s1. The molecule has 0 aromatic heterocycles. The van der Waals surface area contributed by atoms with Crippen molar-refractivity contribution in [2.75, 3.05) is 12.0 Å². The molecule has 0 unspecified atom stereocenters. The Bertz CT molecular complexity index is 175. The number of rotatable bonds is 5. The molecule has 0 bridgehead atoms. The minimum atomic E-state index is -0.352. The van der Waals surface area contributed by atoms with Gasteiger partial charge >= 0.3 is 84.7 Å². The normalized spacial score (nSPS) is 12.2. The van der Waals surface area contributed by atoms with E-state index in [0.717, 1.165) is 5.75 Å². The van der Waals surface area contributed by atoms with Crippen LogP contribution in [0.4, 0.5) is 0 Å². The first-order chi connectivity index (χ1) is 5.57. The van der Waals surface area contributed by atoms with E-state index in [2.05, 4.69) is 21.3 Å². The Balaban J connectivity index is 3.87. The summed E-state index contributed by atoms with van der Waals surface area (Å²) in [6, 6.07) is -0.352. The van der Waals surface area contributed by atoms with E-state index in [1.165, 1.54) is 6.92 Å². The van der Waals surface area contributed by atoms with Gasteiger partial charge in [0.2, 0.25) is 0 Å². The molecule has 0 rings (SSSR count). The molecule has 1 N–H and O–H groups in total. The second-order valence-corrected chi connectivity index (χ2v) is 4.18. The topological polar surface area (TPSA) is 46.2 Å². The van der Waals surface area contributed by atoms with Gasteiger partial charge in [0.05, 0.1) is 0 Å². The van der Waals surface area contributed by atoms with Crippen LogP contribution in [0.15, 0.2) is 0 Å². The predicted molar refractivity (Wildman–Crippen MR) is 51.4 cm³/mol. The first-order valence-electron chi connectivity index (χ1n) is 3.54. The zero-order chi connectivity index (χ0) is 9.56. The third kappa shape index (κ3) is 5.63. The average molecular weight is 253 g/mol. The van der Waals surface area contributed by atoms with E-state index in [9.17, 15) is 9.59 Å². The van der Waals surface area contributed by atoms with Gasteiger partial charge in [0.1, 0.15) is 0 Å². The van der Waals surface area contributed by atoms with Crippen molar-refractivity contribution in [1.29, 1.82) is 0 Å². The van der Waals surface area contributed by atoms with Gasteiger partial charge in [-0.2, -0.15) is 0 Å². The SMILES string of the molecule is CSCC[C@H](NC(C)=O)C(=O)[Se]. The van der Waals surface area contributed by atoms with Crippen LogP contribution in [0.25, 0.3) is 0 Å². The third-order valence-corrected chi connectivity index (χ3v) is 2.51. The molecule has 0 aliphatic carbocycles. The van der Waals surface area contributed by atoms with Crippen molar-refractivity contribution in [3.05, 3.63) is 0 Å². The van der Waals surface area contributed by atoms with Gasteiger partial charge in [-0.15, -0.1) is 0 Å². The summed E-state index contributed by atoms with van der Waals surface area (Å²) in [5, 5.41) is 2.58. The van der Waals surface area contributed by atoms with E-state index < -0.39 is 0 Å². The van der Waals surface area contributed by atoms with Gasteiger partial charge in [0, 0.05) is 0 Å². The van der Waals surface area contributed by atoms with Crippen LogP contribution in [-0.2, 0) is 9.59 Å². The summed E-state index contributed by atoms with van der Waals surface area (Å²) in [5.74, 6) is 0.711. The molecular weight excluding hydrogens is 241 g/mol. The van der Waals surface area contributed by atoms with E-state index in [1.54, 1.807) is 11.8 Å². The van der Waals surface area contributed by atoms with Gasteiger partial charge in [-0.1, -0.05) is 0 Å². The molecule has 3 nitrogen and oxygen atoms in total. The molecule has 0 aliphatic heterocycles. The molecule has 0 aromatic carbocycles. The first kappa shape index (κ1) is 12.0. The number of carbonyl (C=O) groups excluding carboxylic acids is 2. The van der Waals surface area contributed by atoms with Gasteiger partial charge < -0.3 is 0 Å². The van der Waals surface area contributed by atoms with Crippen molar-refractivity contribution in [2.45, 2.75) is 19.4 Å². The Morgan fingerprint density at radius 2 is 2.17 bits per heavy atom. The number of amides is 1. The van der Waals surface area contributed by atoms with Crippen LogP contribution in [0.5, 0.6) is 0 Å². The van der Waals surface area contributed by atoms with Gasteiger partial charge in [-0.25, -0.2) is 0 Å². The molecule has 12 heavy (non-hydrogen) atoms. The van der Waals surface area contributed by atoms with Crippen molar-refractivity contribution < 1.29 is 9.59 Å². The maximum atomic E-state index is 10.9. The molecular formula is C7H12NO2SSe. The second-order valence-electron chi connectivity index (χ2n) is 2.35. The van der Waals surface area contributed by atoms with E-state index >= 15 is 0 Å². The van der Waals surface area contributed by atoms with Crippen LogP contribution in [0.1, 0.15) is 13.3 Å². The molecule has 0 fully saturated rings. The zero-order valence-electron chi connectivity index (χ0n) is 7.12. The summed E-state index contributed by atoms with van der Waals surface area (Å²) < 4.78 is -0.0979. The summed E-state index contributed by atoms with van der Waals surface area (Å²) in [5.41, 5.74) is 0. The van der Waals surface area contributed by atoms with E-state index in [0.29, 0.717) is 6.42 Å². The molecule has 1 amide bonds. The summed E-state index contributed by atoms with van der Waals surface area (Å²) in [4.78, 5) is 21.5. The zero-order valence-corrected chi connectivity index (χ0v) is 9.65. The molecule has 69 valence electrons. The molecule has 0 aliphatic rings. The van der Waals surface area contributed by atoms with Crippen molar-refractivity contribution in [2.24, 2.45) is 0 Å². The maximum absolute atomic E-state index is 10.9. The Labute approximate surface area is 84.9 Å². The van der Waals surface area contributed by atoms with Gasteiger partial charge in [0.15, 0.2) is 0 Å². The minimum absolute atomic E-state index is 0.0979. The monoisotopic (exact) mass is 254 g/mol. The molecule has 1 radical (unpaired) electrons. The summed E-state index contributed by atoms with van der Waals surface area (Å²) in [7, 11) is 0. The Morgan fingerprint density at radius 1 is 1.58 bits per heavy atom. The van der Waals surface area contributed by atoms with E-state index in [1.807, 2.05) is 6.26 Å². The number of hydrogen-bond acceptors (Lipinski definition) is 3. The molecule has 0 saturated heterocycles. The fraction of sp³-hybridized carbons (Fsp3) is 0.714. The molecule has 0 heterocycles. The third-order valence-electron chi connectivity index (χ3n) is 1.27. The molecule has 0 saturated carbocycles. The van der Waals surface area contributed by atoms with E-state index in [-0.39, 0.29) is 16.6 Å². The van der Waals surface area contributed by atoms with Crippen LogP contribution in [-0.4, -0.2) is 44.7 Å². The van der Waals surface area contributed by atoms with Gasteiger partial charge in [0.25, 0.3) is 0 Å². The number of nitrogens with one attached hydrogen (secondary N) is 1. The number of thioether (sulfide) groups is 1. The fourth-order valence-corrected chi connectivity index (χ4v) is 1.57. The molecule has 5 heteroatoms. The van der Waals surface area contributed by atoms with Crippen LogP contribution in [0, 0.1) is 0 Å². The second kappa shape index (κ2) is 6.52. The van der Waals surface area contributed by atoms with Crippen LogP contribution in [0.2, 0.25) is 0 Å². The first-order valence-corrected chi connectivity index (χ1v) is 5.80. The summed E-state index contributed by atoms with van der Waals surface area (Å²) in [6.45, 7) is 1.41. The summed E-state index contributed by atoms with van der Waals surface area (Å²) >= 11 is 4.05. The van der Waals surface area contributed by atoms with E-state index in [4.69, 9.17) is 0 Å². The van der Waals surface area contributed by atoms with Crippen molar-refractivity contribution in [3.8, 4) is 0 Å². The predicted octanol–water partition coefficient (Wildman–Crippen LogP) is -0.0607. The van der Waals surface area contributed by atoms with Crippen molar-refractivity contribution in [3.63, 3.8) is 0 Å². The fourth-order valence-electron chi connectivity index (χ4n) is 0.730. The van der Waals surface area contributed by atoms with Crippen LogP contribution < -0.4 is 5.32 Å². The molecule has 1 atom stereocenters. The van der Waals surface area contributed by atoms with Gasteiger partial charge in [-0.05, 0) is 0 Å². The van der Waals surface area contributed by atoms with Crippen LogP contribution >= 0.6 is 11.8 Å². The Hall–Kier alpha value is 0.00948. The molecule has 0 aromatic rings. The molecule has 0 spiro atoms. The Morgan fingerprint density at radius 3 is 2.50 bits per heavy atom.